The van der Waals surface area contributed by atoms with Gasteiger partial charge in [-0.3, -0.25) is 9.59 Å². The van der Waals surface area contributed by atoms with Crippen LogP contribution in [0.4, 0.5) is 5.69 Å². The largest absolute Gasteiger partial charge is 0.326 e. The molecule has 2 aromatic carbocycles. The first-order valence-corrected chi connectivity index (χ1v) is 8.61. The molecule has 0 radical (unpaired) electrons. The number of ketones is 1. The van der Waals surface area contributed by atoms with Crippen LogP contribution in [-0.2, 0) is 4.79 Å². The predicted octanol–water partition coefficient (Wildman–Crippen LogP) is 5.47. The molecule has 0 aliphatic rings. The van der Waals surface area contributed by atoms with Gasteiger partial charge in [-0.15, -0.1) is 0 Å². The monoisotopic (exact) mass is 323 g/mol. The Bertz CT molecular complexity index is 672. The van der Waals surface area contributed by atoms with Crippen LogP contribution in [0.25, 0.3) is 11.1 Å². The van der Waals surface area contributed by atoms with Crippen molar-refractivity contribution in [1.82, 2.24) is 0 Å². The van der Waals surface area contributed by atoms with Gasteiger partial charge in [0.05, 0.1) is 0 Å². The van der Waals surface area contributed by atoms with E-state index in [1.807, 2.05) is 48.5 Å². The molecular weight excluding hydrogens is 298 g/mol. The highest BCUT2D eigenvalue weighted by Gasteiger charge is 2.04. The van der Waals surface area contributed by atoms with E-state index >= 15 is 0 Å². The summed E-state index contributed by atoms with van der Waals surface area (Å²) in [7, 11) is 0. The summed E-state index contributed by atoms with van der Waals surface area (Å²) >= 11 is 0. The van der Waals surface area contributed by atoms with Crippen molar-refractivity contribution < 1.29 is 9.59 Å². The van der Waals surface area contributed by atoms with E-state index in [0.717, 1.165) is 29.7 Å². The second kappa shape index (κ2) is 9.02. The Morgan fingerprint density at radius 2 is 1.42 bits per heavy atom. The van der Waals surface area contributed by atoms with E-state index < -0.39 is 0 Å². The van der Waals surface area contributed by atoms with Crippen molar-refractivity contribution in [3.63, 3.8) is 0 Å². The third-order valence-electron chi connectivity index (χ3n) is 4.05. The number of hydrogen-bond donors (Lipinski definition) is 1. The van der Waals surface area contributed by atoms with Crippen LogP contribution in [0.3, 0.4) is 0 Å². The van der Waals surface area contributed by atoms with Crippen LogP contribution in [0.5, 0.6) is 0 Å². The number of carbonyl (C=O) groups is 2. The molecule has 0 aliphatic heterocycles. The first-order valence-electron chi connectivity index (χ1n) is 8.61. The van der Waals surface area contributed by atoms with Gasteiger partial charge in [0.1, 0.15) is 0 Å². The van der Waals surface area contributed by atoms with Crippen LogP contribution < -0.4 is 5.32 Å². The lowest BCUT2D eigenvalue weighted by Gasteiger charge is -2.07. The molecular formula is C21H25NO2. The van der Waals surface area contributed by atoms with Crippen molar-refractivity contribution in [3.05, 3.63) is 54.1 Å². The summed E-state index contributed by atoms with van der Waals surface area (Å²) in [6.45, 7) is 3.73. The van der Waals surface area contributed by atoms with Crippen LogP contribution in [0.1, 0.15) is 56.3 Å². The maximum Gasteiger partial charge on any atom is 0.224 e. The first kappa shape index (κ1) is 17.9. The third kappa shape index (κ3) is 5.34. The highest BCUT2D eigenvalue weighted by atomic mass is 16.1. The number of carbonyl (C=O) groups excluding carboxylic acids is 2. The van der Waals surface area contributed by atoms with Gasteiger partial charge in [-0.1, -0.05) is 62.6 Å². The zero-order valence-corrected chi connectivity index (χ0v) is 14.5. The Balaban J connectivity index is 1.92. The van der Waals surface area contributed by atoms with Gasteiger partial charge in [0, 0.05) is 17.7 Å². The molecule has 0 unspecified atom stereocenters. The molecule has 0 saturated heterocycles. The summed E-state index contributed by atoms with van der Waals surface area (Å²) in [4.78, 5) is 23.2. The minimum atomic E-state index is 0.0681. The minimum Gasteiger partial charge on any atom is -0.326 e. The summed E-state index contributed by atoms with van der Waals surface area (Å²) in [5.41, 5.74) is 3.65. The highest BCUT2D eigenvalue weighted by molar-refractivity contribution is 5.94. The van der Waals surface area contributed by atoms with Gasteiger partial charge in [0.15, 0.2) is 5.78 Å². The number of hydrogen-bond acceptors (Lipinski definition) is 2. The third-order valence-corrected chi connectivity index (χ3v) is 4.05. The number of amides is 1. The molecule has 0 aromatic heterocycles. The van der Waals surface area contributed by atoms with Gasteiger partial charge < -0.3 is 5.32 Å². The van der Waals surface area contributed by atoms with Gasteiger partial charge in [0.2, 0.25) is 5.91 Å². The van der Waals surface area contributed by atoms with Crippen LogP contribution in [-0.4, -0.2) is 11.7 Å². The van der Waals surface area contributed by atoms with E-state index in [-0.39, 0.29) is 11.7 Å². The quantitative estimate of drug-likeness (QED) is 0.517. The average Bonchev–Trinajstić information content (AvgIpc) is 2.59. The van der Waals surface area contributed by atoms with Crippen LogP contribution in [0.15, 0.2) is 48.5 Å². The molecule has 3 heteroatoms. The fourth-order valence-electron chi connectivity index (χ4n) is 2.58. The van der Waals surface area contributed by atoms with Crippen LogP contribution in [0.2, 0.25) is 0 Å². The normalized spacial score (nSPS) is 10.4. The molecule has 0 saturated carbocycles. The maximum absolute atomic E-state index is 11.9. The molecule has 3 nitrogen and oxygen atoms in total. The van der Waals surface area contributed by atoms with E-state index in [1.54, 1.807) is 6.92 Å². The first-order chi connectivity index (χ1) is 11.6. The molecule has 24 heavy (non-hydrogen) atoms. The summed E-state index contributed by atoms with van der Waals surface area (Å²) in [6, 6.07) is 15.4. The summed E-state index contributed by atoms with van der Waals surface area (Å²) in [6.07, 6.45) is 4.99. The van der Waals surface area contributed by atoms with Crippen molar-refractivity contribution >= 4 is 17.4 Å². The van der Waals surface area contributed by atoms with Crippen molar-refractivity contribution in [1.29, 1.82) is 0 Å². The average molecular weight is 323 g/mol. The number of anilines is 1. The molecule has 2 rings (SSSR count). The fourth-order valence-corrected chi connectivity index (χ4v) is 2.58. The van der Waals surface area contributed by atoms with E-state index in [2.05, 4.69) is 12.2 Å². The lowest BCUT2D eigenvalue weighted by Crippen LogP contribution is -2.10. The van der Waals surface area contributed by atoms with Gasteiger partial charge in [-0.25, -0.2) is 0 Å². The SMILES string of the molecule is CCCCCCC(=O)Nc1ccc(-c2ccc(C(C)=O)cc2)cc1. The topological polar surface area (TPSA) is 46.2 Å². The molecule has 0 bridgehead atoms. The molecule has 1 N–H and O–H groups in total. The lowest BCUT2D eigenvalue weighted by molar-refractivity contribution is -0.116. The molecule has 2 aromatic rings. The van der Waals surface area contributed by atoms with Gasteiger partial charge >= 0.3 is 0 Å². The Kier molecular flexibility index (Phi) is 6.74. The van der Waals surface area contributed by atoms with Gasteiger partial charge in [-0.2, -0.15) is 0 Å². The standard InChI is InChI=1S/C21H25NO2/c1-3-4-5-6-7-21(24)22-20-14-12-19(13-15-20)18-10-8-17(9-11-18)16(2)23/h8-15H,3-7H2,1-2H3,(H,22,24). The van der Waals surface area contributed by atoms with E-state index in [0.29, 0.717) is 12.0 Å². The number of unbranched alkanes of at least 4 members (excludes halogenated alkanes) is 3. The zero-order valence-electron chi connectivity index (χ0n) is 14.5. The second-order valence-electron chi connectivity index (χ2n) is 6.07. The number of benzene rings is 2. The molecule has 0 aliphatic carbocycles. The second-order valence-corrected chi connectivity index (χ2v) is 6.07. The number of rotatable bonds is 8. The van der Waals surface area contributed by atoms with Crippen LogP contribution in [0, 0.1) is 0 Å². The Hall–Kier alpha value is -2.42. The van der Waals surface area contributed by atoms with E-state index in [9.17, 15) is 9.59 Å². The maximum atomic E-state index is 11.9. The van der Waals surface area contributed by atoms with Gasteiger partial charge in [0.25, 0.3) is 0 Å². The lowest BCUT2D eigenvalue weighted by atomic mass is 10.0. The van der Waals surface area contributed by atoms with Crippen molar-refractivity contribution in [2.45, 2.75) is 46.0 Å². The highest BCUT2D eigenvalue weighted by Crippen LogP contribution is 2.22. The Labute approximate surface area is 144 Å². The molecule has 0 atom stereocenters. The minimum absolute atomic E-state index is 0.0681. The molecule has 0 fully saturated rings. The molecule has 126 valence electrons. The summed E-state index contributed by atoms with van der Waals surface area (Å²) in [5, 5.41) is 2.94. The number of Topliss-reactive ketones (excluding diaryl/α,β-unsaturated/α-hetero) is 1. The smallest absolute Gasteiger partial charge is 0.224 e. The zero-order chi connectivity index (χ0) is 17.4. The molecule has 0 spiro atoms. The van der Waals surface area contributed by atoms with Gasteiger partial charge in [-0.05, 0) is 36.6 Å². The summed E-state index contributed by atoms with van der Waals surface area (Å²) < 4.78 is 0. The van der Waals surface area contributed by atoms with E-state index in [1.165, 1.54) is 12.8 Å². The van der Waals surface area contributed by atoms with Crippen LogP contribution >= 0.6 is 0 Å². The Morgan fingerprint density at radius 1 is 0.833 bits per heavy atom. The number of nitrogens with one attached hydrogen (secondary N) is 1. The molecule has 1 amide bonds. The fraction of sp³-hybridized carbons (Fsp3) is 0.333. The van der Waals surface area contributed by atoms with Crippen molar-refractivity contribution in [2.24, 2.45) is 0 Å². The molecule has 0 heterocycles. The van der Waals surface area contributed by atoms with Crippen molar-refractivity contribution in [2.75, 3.05) is 5.32 Å². The van der Waals surface area contributed by atoms with Crippen molar-refractivity contribution in [3.8, 4) is 11.1 Å². The summed E-state index contributed by atoms with van der Waals surface area (Å²) in [5.74, 6) is 0.142. The predicted molar refractivity (Wildman–Crippen MR) is 99.3 cm³/mol. The Morgan fingerprint density at radius 3 is 1.96 bits per heavy atom. The van der Waals surface area contributed by atoms with E-state index in [4.69, 9.17) is 0 Å².